The Morgan fingerprint density at radius 3 is 2.89 bits per heavy atom. The summed E-state index contributed by atoms with van der Waals surface area (Å²) in [5.41, 5.74) is 6.86. The van der Waals surface area contributed by atoms with Gasteiger partial charge >= 0.3 is 0 Å². The van der Waals surface area contributed by atoms with Crippen molar-refractivity contribution in [3.8, 4) is 0 Å². The first-order valence-electron chi connectivity index (χ1n) is 5.89. The van der Waals surface area contributed by atoms with Crippen LogP contribution >= 0.6 is 12.4 Å². The summed E-state index contributed by atoms with van der Waals surface area (Å²) in [6.45, 7) is 3.03. The third-order valence-corrected chi connectivity index (χ3v) is 3.10. The summed E-state index contributed by atoms with van der Waals surface area (Å²) in [6, 6.07) is 4.61. The highest BCUT2D eigenvalue weighted by Crippen LogP contribution is 2.16. The predicted molar refractivity (Wildman–Crippen MR) is 71.5 cm³/mol. The average Bonchev–Trinajstić information content (AvgIpc) is 2.31. The van der Waals surface area contributed by atoms with E-state index in [4.69, 9.17) is 5.73 Å². The Balaban J connectivity index is 0.00000162. The Morgan fingerprint density at radius 2 is 2.22 bits per heavy atom. The summed E-state index contributed by atoms with van der Waals surface area (Å²) in [5, 5.41) is 0. The minimum absolute atomic E-state index is 0. The van der Waals surface area contributed by atoms with E-state index in [9.17, 15) is 9.18 Å². The third kappa shape index (κ3) is 3.21. The minimum atomic E-state index is -0.459. The van der Waals surface area contributed by atoms with E-state index in [1.165, 1.54) is 6.07 Å². The van der Waals surface area contributed by atoms with Gasteiger partial charge in [-0.05, 0) is 31.9 Å². The fourth-order valence-electron chi connectivity index (χ4n) is 2.17. The SMILES string of the molecule is Cc1ccc(F)c(C(=O)N2CCC[C@@H](N)C2)c1.Cl. The third-order valence-electron chi connectivity index (χ3n) is 3.10. The van der Waals surface area contributed by atoms with Crippen molar-refractivity contribution in [2.75, 3.05) is 13.1 Å². The van der Waals surface area contributed by atoms with Crippen LogP contribution in [0.1, 0.15) is 28.8 Å². The van der Waals surface area contributed by atoms with Gasteiger partial charge in [-0.1, -0.05) is 11.6 Å². The Morgan fingerprint density at radius 1 is 1.50 bits per heavy atom. The van der Waals surface area contributed by atoms with E-state index in [1.54, 1.807) is 17.0 Å². The quantitative estimate of drug-likeness (QED) is 0.851. The number of amides is 1. The molecular weight excluding hydrogens is 255 g/mol. The second-order valence-electron chi connectivity index (χ2n) is 4.64. The maximum absolute atomic E-state index is 13.6. The van der Waals surface area contributed by atoms with Gasteiger partial charge in [0, 0.05) is 19.1 Å². The molecule has 2 rings (SSSR count). The van der Waals surface area contributed by atoms with Gasteiger partial charge in [-0.3, -0.25) is 4.79 Å². The van der Waals surface area contributed by atoms with Gasteiger partial charge < -0.3 is 10.6 Å². The molecule has 1 heterocycles. The molecule has 1 aromatic rings. The van der Waals surface area contributed by atoms with Gasteiger partial charge in [0.2, 0.25) is 0 Å². The van der Waals surface area contributed by atoms with Gasteiger partial charge in [-0.25, -0.2) is 4.39 Å². The van der Waals surface area contributed by atoms with Crippen LogP contribution in [0.3, 0.4) is 0 Å². The highest BCUT2D eigenvalue weighted by molar-refractivity contribution is 5.94. The van der Waals surface area contributed by atoms with Gasteiger partial charge in [0.15, 0.2) is 0 Å². The first-order valence-corrected chi connectivity index (χ1v) is 5.89. The molecule has 1 amide bonds. The Bertz CT molecular complexity index is 439. The maximum Gasteiger partial charge on any atom is 0.256 e. The number of benzene rings is 1. The van der Waals surface area contributed by atoms with Crippen LogP contribution in [-0.2, 0) is 0 Å². The number of nitrogens with two attached hydrogens (primary N) is 1. The molecule has 18 heavy (non-hydrogen) atoms. The fourth-order valence-corrected chi connectivity index (χ4v) is 2.17. The highest BCUT2D eigenvalue weighted by atomic mass is 35.5. The first-order chi connectivity index (χ1) is 8.08. The topological polar surface area (TPSA) is 46.3 Å². The molecule has 100 valence electrons. The normalized spacial score (nSPS) is 19.3. The van der Waals surface area contributed by atoms with Gasteiger partial charge in [0.25, 0.3) is 5.91 Å². The molecule has 3 nitrogen and oxygen atoms in total. The van der Waals surface area contributed by atoms with Crippen molar-refractivity contribution in [2.24, 2.45) is 5.73 Å². The zero-order valence-electron chi connectivity index (χ0n) is 10.4. The minimum Gasteiger partial charge on any atom is -0.337 e. The summed E-state index contributed by atoms with van der Waals surface area (Å²) >= 11 is 0. The molecule has 5 heteroatoms. The summed E-state index contributed by atoms with van der Waals surface area (Å²) in [6.07, 6.45) is 1.82. The van der Waals surface area contributed by atoms with E-state index in [1.807, 2.05) is 6.92 Å². The molecule has 0 unspecified atom stereocenters. The van der Waals surface area contributed by atoms with Crippen LogP contribution in [0.5, 0.6) is 0 Å². The van der Waals surface area contributed by atoms with Crippen molar-refractivity contribution in [2.45, 2.75) is 25.8 Å². The second kappa shape index (κ2) is 6.16. The molecule has 1 saturated heterocycles. The number of rotatable bonds is 1. The van der Waals surface area contributed by atoms with Crippen LogP contribution in [0.15, 0.2) is 18.2 Å². The summed E-state index contributed by atoms with van der Waals surface area (Å²) < 4.78 is 13.6. The molecule has 2 N–H and O–H groups in total. The summed E-state index contributed by atoms with van der Waals surface area (Å²) in [7, 11) is 0. The largest absolute Gasteiger partial charge is 0.337 e. The molecule has 1 aliphatic heterocycles. The van der Waals surface area contributed by atoms with Crippen molar-refractivity contribution in [3.05, 3.63) is 35.1 Å². The molecule has 0 radical (unpaired) electrons. The molecule has 0 spiro atoms. The van der Waals surface area contributed by atoms with Crippen LogP contribution in [0.4, 0.5) is 4.39 Å². The Kier molecular flexibility index (Phi) is 5.11. The van der Waals surface area contributed by atoms with Crippen LogP contribution in [0.25, 0.3) is 0 Å². The van der Waals surface area contributed by atoms with Gasteiger partial charge in [-0.15, -0.1) is 12.4 Å². The number of carbonyl (C=O) groups is 1. The number of hydrogen-bond acceptors (Lipinski definition) is 2. The van der Waals surface area contributed by atoms with Crippen molar-refractivity contribution in [3.63, 3.8) is 0 Å². The Hall–Kier alpha value is -1.13. The molecule has 1 aliphatic rings. The van der Waals surface area contributed by atoms with Crippen molar-refractivity contribution in [1.29, 1.82) is 0 Å². The van der Waals surface area contributed by atoms with Crippen LogP contribution in [0, 0.1) is 12.7 Å². The molecule has 0 saturated carbocycles. The van der Waals surface area contributed by atoms with Gasteiger partial charge in [0.1, 0.15) is 5.82 Å². The van der Waals surface area contributed by atoms with Crippen molar-refractivity contribution < 1.29 is 9.18 Å². The van der Waals surface area contributed by atoms with Crippen molar-refractivity contribution in [1.82, 2.24) is 4.90 Å². The second-order valence-corrected chi connectivity index (χ2v) is 4.64. The number of aryl methyl sites for hydroxylation is 1. The fraction of sp³-hybridized carbons (Fsp3) is 0.462. The van der Waals surface area contributed by atoms with Gasteiger partial charge in [0.05, 0.1) is 5.56 Å². The lowest BCUT2D eigenvalue weighted by Gasteiger charge is -2.31. The monoisotopic (exact) mass is 272 g/mol. The summed E-state index contributed by atoms with van der Waals surface area (Å²) in [4.78, 5) is 13.8. The van der Waals surface area contributed by atoms with Crippen LogP contribution < -0.4 is 5.73 Å². The zero-order chi connectivity index (χ0) is 12.4. The Labute approximate surface area is 113 Å². The number of hydrogen-bond donors (Lipinski definition) is 1. The molecule has 1 fully saturated rings. The van der Waals surface area contributed by atoms with Crippen LogP contribution in [0.2, 0.25) is 0 Å². The van der Waals surface area contributed by atoms with E-state index >= 15 is 0 Å². The standard InChI is InChI=1S/C13H17FN2O.ClH/c1-9-4-5-12(14)11(7-9)13(17)16-6-2-3-10(15)8-16;/h4-5,7,10H,2-3,6,8,15H2,1H3;1H/t10-;/m1./s1. The lowest BCUT2D eigenvalue weighted by Crippen LogP contribution is -2.45. The smallest absolute Gasteiger partial charge is 0.256 e. The van der Waals surface area contributed by atoms with Gasteiger partial charge in [-0.2, -0.15) is 0 Å². The molecule has 0 aliphatic carbocycles. The maximum atomic E-state index is 13.6. The number of halogens is 2. The molecule has 1 aromatic carbocycles. The molecule has 0 aromatic heterocycles. The number of piperidine rings is 1. The lowest BCUT2D eigenvalue weighted by atomic mass is 10.0. The van der Waals surface area contributed by atoms with E-state index in [0.29, 0.717) is 13.1 Å². The highest BCUT2D eigenvalue weighted by Gasteiger charge is 2.24. The van der Waals surface area contributed by atoms with E-state index in [-0.39, 0.29) is 29.9 Å². The predicted octanol–water partition coefficient (Wildman–Crippen LogP) is 2.12. The number of likely N-dealkylation sites (tertiary alicyclic amines) is 1. The number of nitrogens with zero attached hydrogens (tertiary/aromatic N) is 1. The lowest BCUT2D eigenvalue weighted by molar-refractivity contribution is 0.0704. The molecule has 1 atom stereocenters. The number of carbonyl (C=O) groups excluding carboxylic acids is 1. The van der Waals surface area contributed by atoms with E-state index in [2.05, 4.69) is 0 Å². The van der Waals surface area contributed by atoms with E-state index in [0.717, 1.165) is 18.4 Å². The molecular formula is C13H18ClFN2O. The van der Waals surface area contributed by atoms with Crippen molar-refractivity contribution >= 4 is 18.3 Å². The molecule has 0 bridgehead atoms. The first kappa shape index (κ1) is 14.9. The average molecular weight is 273 g/mol. The van der Waals surface area contributed by atoms with Crippen LogP contribution in [-0.4, -0.2) is 29.9 Å². The summed E-state index contributed by atoms with van der Waals surface area (Å²) in [5.74, 6) is -0.707. The van der Waals surface area contributed by atoms with E-state index < -0.39 is 5.82 Å². The zero-order valence-corrected chi connectivity index (χ0v) is 11.2.